The normalized spacial score (nSPS) is 12.2. The Labute approximate surface area is 193 Å². The Hall–Kier alpha value is -3.51. The van der Waals surface area contributed by atoms with Crippen molar-refractivity contribution in [1.29, 1.82) is 0 Å². The molecule has 0 unspecified atom stereocenters. The van der Waals surface area contributed by atoms with Gasteiger partial charge in [-0.25, -0.2) is 4.79 Å². The molecule has 33 heavy (non-hydrogen) atoms. The number of anilines is 2. The zero-order valence-corrected chi connectivity index (χ0v) is 18.1. The van der Waals surface area contributed by atoms with E-state index < -0.39 is 34.8 Å². The number of carbonyl (C=O) groups is 1. The minimum absolute atomic E-state index is 0.0730. The lowest BCUT2D eigenvalue weighted by molar-refractivity contribution is -0.384. The van der Waals surface area contributed by atoms with Crippen LogP contribution in [0, 0.1) is 10.1 Å². The van der Waals surface area contributed by atoms with Gasteiger partial charge in [0, 0.05) is 16.0 Å². The molecule has 0 bridgehead atoms. The van der Waals surface area contributed by atoms with Crippen LogP contribution >= 0.6 is 22.9 Å². The van der Waals surface area contributed by atoms with Crippen molar-refractivity contribution >= 4 is 46.0 Å². The fraction of sp³-hybridized carbons (Fsp3) is 0.150. The number of alkyl halides is 3. The predicted octanol–water partition coefficient (Wildman–Crippen LogP) is 6.79. The number of hydrogen-bond acceptors (Lipinski definition) is 7. The Morgan fingerprint density at radius 1 is 1.24 bits per heavy atom. The number of ether oxygens (including phenoxy) is 2. The van der Waals surface area contributed by atoms with Crippen molar-refractivity contribution in [2.24, 2.45) is 0 Å². The first kappa shape index (κ1) is 24.1. The largest absolute Gasteiger partial charge is 0.573 e. The van der Waals surface area contributed by atoms with Crippen LogP contribution in [0.4, 0.5) is 30.2 Å². The van der Waals surface area contributed by atoms with Gasteiger partial charge in [-0.05, 0) is 25.1 Å². The second-order valence-corrected chi connectivity index (χ2v) is 7.79. The standard InChI is InChI=1S/C20H14ClF3N2O6S/c1-10(12-4-2-3-5-13(12)21)31-17-15(9-33-18(17)19(27)28)25-14-7-6-11(32-20(22,23)24)8-16(14)26(29)30/h2-10,25H,1H3,(H,27,28)/t10-/m1/s1. The molecule has 174 valence electrons. The smallest absolute Gasteiger partial charge is 0.482 e. The molecule has 1 aromatic heterocycles. The quantitative estimate of drug-likeness (QED) is 0.257. The third kappa shape index (κ3) is 5.84. The number of nitro groups is 1. The van der Waals surface area contributed by atoms with E-state index in [4.69, 9.17) is 16.3 Å². The van der Waals surface area contributed by atoms with Crippen LogP contribution in [0.15, 0.2) is 47.8 Å². The fourth-order valence-corrected chi connectivity index (χ4v) is 3.91. The van der Waals surface area contributed by atoms with E-state index in [0.717, 1.165) is 23.5 Å². The average Bonchev–Trinajstić information content (AvgIpc) is 3.10. The molecule has 2 N–H and O–H groups in total. The Morgan fingerprint density at radius 2 is 1.94 bits per heavy atom. The lowest BCUT2D eigenvalue weighted by Crippen LogP contribution is -2.17. The number of rotatable bonds is 8. The van der Waals surface area contributed by atoms with Crippen molar-refractivity contribution in [1.82, 2.24) is 0 Å². The van der Waals surface area contributed by atoms with Crippen LogP contribution in [0.1, 0.15) is 28.3 Å². The van der Waals surface area contributed by atoms with E-state index in [1.807, 2.05) is 0 Å². The van der Waals surface area contributed by atoms with Crippen molar-refractivity contribution in [3.05, 3.63) is 73.4 Å². The number of halogens is 4. The van der Waals surface area contributed by atoms with Crippen LogP contribution in [0.3, 0.4) is 0 Å². The fourth-order valence-electron chi connectivity index (χ4n) is 2.85. The Bertz CT molecular complexity index is 1200. The Morgan fingerprint density at radius 3 is 2.55 bits per heavy atom. The summed E-state index contributed by atoms with van der Waals surface area (Å²) in [6.45, 7) is 1.64. The lowest BCUT2D eigenvalue weighted by atomic mass is 10.1. The SMILES string of the molecule is C[C@@H](Oc1c(Nc2ccc(OC(F)(F)F)cc2[N+](=O)[O-])csc1C(=O)O)c1ccccc1Cl. The molecule has 3 rings (SSSR count). The Kier molecular flexibility index (Phi) is 6.98. The molecule has 0 amide bonds. The molecule has 0 fully saturated rings. The van der Waals surface area contributed by atoms with Crippen LogP contribution in [-0.4, -0.2) is 22.4 Å². The maximum atomic E-state index is 12.5. The summed E-state index contributed by atoms with van der Waals surface area (Å²) in [6, 6.07) is 9.27. The van der Waals surface area contributed by atoms with Gasteiger partial charge < -0.3 is 19.9 Å². The summed E-state index contributed by atoms with van der Waals surface area (Å²) in [5.74, 6) is -2.18. The first-order valence-corrected chi connectivity index (χ1v) is 10.3. The van der Waals surface area contributed by atoms with Crippen LogP contribution in [0.5, 0.6) is 11.5 Å². The first-order valence-electron chi connectivity index (χ1n) is 9.03. The number of nitro benzene ring substituents is 1. The summed E-state index contributed by atoms with van der Waals surface area (Å²) in [7, 11) is 0. The highest BCUT2D eigenvalue weighted by Crippen LogP contribution is 2.42. The van der Waals surface area contributed by atoms with Gasteiger partial charge in [-0.1, -0.05) is 29.8 Å². The monoisotopic (exact) mass is 502 g/mol. The summed E-state index contributed by atoms with van der Waals surface area (Å²) >= 11 is 6.98. The molecule has 1 heterocycles. The molecule has 2 aromatic carbocycles. The number of aromatic carboxylic acids is 1. The van der Waals surface area contributed by atoms with Crippen molar-refractivity contribution in [2.75, 3.05) is 5.32 Å². The minimum atomic E-state index is -5.03. The number of benzene rings is 2. The van der Waals surface area contributed by atoms with Crippen LogP contribution in [0.25, 0.3) is 0 Å². The van der Waals surface area contributed by atoms with Gasteiger partial charge >= 0.3 is 12.3 Å². The molecule has 0 saturated carbocycles. The maximum Gasteiger partial charge on any atom is 0.573 e. The molecular weight excluding hydrogens is 489 g/mol. The van der Waals surface area contributed by atoms with E-state index in [1.54, 1.807) is 31.2 Å². The molecule has 0 radical (unpaired) electrons. The Balaban J connectivity index is 1.97. The second-order valence-electron chi connectivity index (χ2n) is 6.50. The highest BCUT2D eigenvalue weighted by Gasteiger charge is 2.32. The molecule has 3 aromatic rings. The predicted molar refractivity (Wildman–Crippen MR) is 115 cm³/mol. The lowest BCUT2D eigenvalue weighted by Gasteiger charge is -2.18. The molecule has 0 spiro atoms. The molecule has 0 aliphatic heterocycles. The highest BCUT2D eigenvalue weighted by molar-refractivity contribution is 7.13. The van der Waals surface area contributed by atoms with Crippen LogP contribution in [0.2, 0.25) is 5.02 Å². The van der Waals surface area contributed by atoms with Gasteiger partial charge in [0.25, 0.3) is 5.69 Å². The summed E-state index contributed by atoms with van der Waals surface area (Å²) in [5, 5.41) is 25.4. The van der Waals surface area contributed by atoms with Crippen LogP contribution in [-0.2, 0) is 0 Å². The number of nitrogens with zero attached hydrogens (tertiary/aromatic N) is 1. The van der Waals surface area contributed by atoms with Crippen molar-refractivity contribution in [2.45, 2.75) is 19.4 Å². The van der Waals surface area contributed by atoms with Gasteiger partial charge in [-0.15, -0.1) is 24.5 Å². The van der Waals surface area contributed by atoms with Crippen LogP contribution < -0.4 is 14.8 Å². The zero-order valence-electron chi connectivity index (χ0n) is 16.6. The second kappa shape index (κ2) is 9.55. The van der Waals surface area contributed by atoms with Gasteiger partial charge in [-0.3, -0.25) is 10.1 Å². The van der Waals surface area contributed by atoms with Crippen molar-refractivity contribution < 1.29 is 37.5 Å². The van der Waals surface area contributed by atoms with E-state index in [9.17, 15) is 33.2 Å². The van der Waals surface area contributed by atoms with E-state index >= 15 is 0 Å². The van der Waals surface area contributed by atoms with Gasteiger partial charge in [0.15, 0.2) is 10.6 Å². The molecule has 0 aliphatic carbocycles. The summed E-state index contributed by atoms with van der Waals surface area (Å²) in [4.78, 5) is 22.0. The third-order valence-electron chi connectivity index (χ3n) is 4.25. The molecule has 0 saturated heterocycles. The number of carboxylic acid groups (broad SMARTS) is 1. The van der Waals surface area contributed by atoms with Gasteiger partial charge in [0.05, 0.1) is 16.7 Å². The van der Waals surface area contributed by atoms with E-state index in [-0.39, 0.29) is 22.0 Å². The number of thiophene rings is 1. The van der Waals surface area contributed by atoms with E-state index in [1.165, 1.54) is 5.38 Å². The summed E-state index contributed by atoms with van der Waals surface area (Å²) < 4.78 is 46.9. The van der Waals surface area contributed by atoms with Gasteiger partial charge in [0.2, 0.25) is 0 Å². The zero-order chi connectivity index (χ0) is 24.3. The van der Waals surface area contributed by atoms with E-state index in [2.05, 4.69) is 10.1 Å². The summed E-state index contributed by atoms with van der Waals surface area (Å²) in [6.07, 6.45) is -5.72. The van der Waals surface area contributed by atoms with Gasteiger partial charge in [-0.2, -0.15) is 0 Å². The van der Waals surface area contributed by atoms with Gasteiger partial charge in [0.1, 0.15) is 17.5 Å². The topological polar surface area (TPSA) is 111 Å². The molecule has 8 nitrogen and oxygen atoms in total. The first-order chi connectivity index (χ1) is 15.5. The number of hydrogen-bond donors (Lipinski definition) is 2. The van der Waals surface area contributed by atoms with Crippen molar-refractivity contribution in [3.8, 4) is 11.5 Å². The van der Waals surface area contributed by atoms with E-state index in [0.29, 0.717) is 16.7 Å². The average molecular weight is 503 g/mol. The summed E-state index contributed by atoms with van der Waals surface area (Å²) in [5.41, 5.74) is -0.263. The molecular formula is C20H14ClF3N2O6S. The maximum absolute atomic E-state index is 12.5. The molecule has 1 atom stereocenters. The number of carboxylic acids is 1. The molecule has 0 aliphatic rings. The van der Waals surface area contributed by atoms with Crippen molar-refractivity contribution in [3.63, 3.8) is 0 Å². The third-order valence-corrected chi connectivity index (χ3v) is 5.54. The minimum Gasteiger partial charge on any atom is -0.482 e. The number of nitrogens with one attached hydrogen (secondary N) is 1. The highest BCUT2D eigenvalue weighted by atomic mass is 35.5. The molecule has 13 heteroatoms.